The molecule has 1 aliphatic rings. The number of aldehydes is 1. The van der Waals surface area contributed by atoms with Gasteiger partial charge in [-0.3, -0.25) is 4.84 Å². The summed E-state index contributed by atoms with van der Waals surface area (Å²) in [4.78, 5) is 16.5. The Labute approximate surface area is 92.7 Å². The van der Waals surface area contributed by atoms with E-state index < -0.39 is 0 Å². The molecule has 1 saturated carbocycles. The lowest BCUT2D eigenvalue weighted by Gasteiger charge is -2.26. The number of hydroxylamine groups is 2. The Morgan fingerprint density at radius 3 is 2.67 bits per heavy atom. The minimum atomic E-state index is 0.267. The Bertz CT molecular complexity index is 184. The van der Waals surface area contributed by atoms with Gasteiger partial charge in [0, 0.05) is 19.5 Å². The summed E-state index contributed by atoms with van der Waals surface area (Å²) in [5, 5.41) is 1.89. The van der Waals surface area contributed by atoms with Crippen molar-refractivity contribution >= 4 is 6.29 Å². The average molecular weight is 213 g/mol. The second-order valence-electron chi connectivity index (χ2n) is 4.43. The fraction of sp³-hybridized carbons (Fsp3) is 0.917. The highest BCUT2D eigenvalue weighted by Gasteiger charge is 2.18. The molecule has 0 spiro atoms. The molecule has 0 radical (unpaired) electrons. The first kappa shape index (κ1) is 12.7. The molecule has 3 heteroatoms. The van der Waals surface area contributed by atoms with Gasteiger partial charge in [0.2, 0.25) is 0 Å². The van der Waals surface area contributed by atoms with Gasteiger partial charge in [0.15, 0.2) is 0 Å². The van der Waals surface area contributed by atoms with Crippen LogP contribution >= 0.6 is 0 Å². The molecule has 88 valence electrons. The van der Waals surface area contributed by atoms with Gasteiger partial charge in [0.05, 0.1) is 6.10 Å². The predicted molar refractivity (Wildman–Crippen MR) is 60.4 cm³/mol. The lowest BCUT2D eigenvalue weighted by Crippen LogP contribution is -2.27. The smallest absolute Gasteiger partial charge is 0.123 e. The normalized spacial score (nSPS) is 28.5. The zero-order valence-electron chi connectivity index (χ0n) is 9.95. The first-order valence-corrected chi connectivity index (χ1v) is 6.09. The number of hydrogen-bond donors (Lipinski definition) is 0. The minimum absolute atomic E-state index is 0.267. The summed E-state index contributed by atoms with van der Waals surface area (Å²) in [6.45, 7) is 2.99. The third kappa shape index (κ3) is 4.76. The standard InChI is InChI=1S/C12H23NO2/c1-3-13(2)15-12-7-5-4-6-11(10-14)8-9-12/h10-12H,3-9H2,1-2H3/t11-,12?/m1/s1. The van der Waals surface area contributed by atoms with Crippen molar-refractivity contribution in [3.63, 3.8) is 0 Å². The molecule has 0 aromatic rings. The van der Waals surface area contributed by atoms with Crippen LogP contribution in [0.5, 0.6) is 0 Å². The van der Waals surface area contributed by atoms with Gasteiger partial charge in [-0.2, -0.15) is 5.06 Å². The predicted octanol–water partition coefficient (Wildman–Crippen LogP) is 2.41. The molecule has 0 saturated heterocycles. The summed E-state index contributed by atoms with van der Waals surface area (Å²) in [5.41, 5.74) is 0. The van der Waals surface area contributed by atoms with Crippen LogP contribution in [0.15, 0.2) is 0 Å². The summed E-state index contributed by atoms with van der Waals surface area (Å²) < 4.78 is 0. The maximum absolute atomic E-state index is 10.8. The maximum Gasteiger partial charge on any atom is 0.123 e. The SMILES string of the molecule is CCN(C)OC1CCCC[C@@H](C=O)CC1. The maximum atomic E-state index is 10.8. The van der Waals surface area contributed by atoms with E-state index in [4.69, 9.17) is 4.84 Å². The summed E-state index contributed by atoms with van der Waals surface area (Å²) in [6.07, 6.45) is 8.00. The zero-order chi connectivity index (χ0) is 11.1. The molecule has 0 aromatic carbocycles. The molecule has 15 heavy (non-hydrogen) atoms. The van der Waals surface area contributed by atoms with Gasteiger partial charge in [0.1, 0.15) is 6.29 Å². The third-order valence-electron chi connectivity index (χ3n) is 3.18. The molecule has 0 amide bonds. The Hall–Kier alpha value is -0.410. The van der Waals surface area contributed by atoms with Crippen LogP contribution in [0.2, 0.25) is 0 Å². The summed E-state index contributed by atoms with van der Waals surface area (Å²) >= 11 is 0. The van der Waals surface area contributed by atoms with E-state index in [0.29, 0.717) is 6.10 Å². The van der Waals surface area contributed by atoms with Gasteiger partial charge in [0.25, 0.3) is 0 Å². The van der Waals surface area contributed by atoms with Crippen LogP contribution < -0.4 is 0 Å². The van der Waals surface area contributed by atoms with Crippen LogP contribution in [0.25, 0.3) is 0 Å². The molecule has 1 fully saturated rings. The van der Waals surface area contributed by atoms with E-state index >= 15 is 0 Å². The van der Waals surface area contributed by atoms with E-state index in [1.54, 1.807) is 0 Å². The summed E-state index contributed by atoms with van der Waals surface area (Å²) in [5.74, 6) is 0.267. The number of carbonyl (C=O) groups is 1. The fourth-order valence-electron chi connectivity index (χ4n) is 2.04. The first-order chi connectivity index (χ1) is 7.26. The Morgan fingerprint density at radius 1 is 1.27 bits per heavy atom. The minimum Gasteiger partial charge on any atom is -0.303 e. The topological polar surface area (TPSA) is 29.5 Å². The van der Waals surface area contributed by atoms with Crippen molar-refractivity contribution in [1.29, 1.82) is 0 Å². The van der Waals surface area contributed by atoms with Crippen molar-refractivity contribution in [3.8, 4) is 0 Å². The monoisotopic (exact) mass is 213 g/mol. The average Bonchev–Trinajstić information content (AvgIpc) is 2.22. The van der Waals surface area contributed by atoms with Crippen LogP contribution in [0.3, 0.4) is 0 Å². The van der Waals surface area contributed by atoms with Crippen molar-refractivity contribution in [2.45, 2.75) is 51.6 Å². The molecule has 0 heterocycles. The molecule has 0 bridgehead atoms. The van der Waals surface area contributed by atoms with Gasteiger partial charge in [-0.05, 0) is 25.7 Å². The Kier molecular flexibility index (Phi) is 5.88. The second-order valence-corrected chi connectivity index (χ2v) is 4.43. The molecule has 1 aliphatic carbocycles. The molecule has 0 N–H and O–H groups in total. The van der Waals surface area contributed by atoms with Crippen LogP contribution in [0.1, 0.15) is 45.4 Å². The highest BCUT2D eigenvalue weighted by Crippen LogP contribution is 2.23. The molecule has 1 unspecified atom stereocenters. The highest BCUT2D eigenvalue weighted by molar-refractivity contribution is 5.53. The van der Waals surface area contributed by atoms with Gasteiger partial charge >= 0.3 is 0 Å². The largest absolute Gasteiger partial charge is 0.303 e. The van der Waals surface area contributed by atoms with Crippen molar-refractivity contribution in [1.82, 2.24) is 5.06 Å². The van der Waals surface area contributed by atoms with E-state index in [2.05, 4.69) is 6.92 Å². The van der Waals surface area contributed by atoms with Crippen molar-refractivity contribution in [3.05, 3.63) is 0 Å². The van der Waals surface area contributed by atoms with Crippen LogP contribution in [-0.2, 0) is 9.63 Å². The van der Waals surface area contributed by atoms with E-state index in [0.717, 1.165) is 38.5 Å². The second kappa shape index (κ2) is 6.96. The van der Waals surface area contributed by atoms with Crippen molar-refractivity contribution in [2.75, 3.05) is 13.6 Å². The number of rotatable bonds is 4. The van der Waals surface area contributed by atoms with Crippen molar-refractivity contribution < 1.29 is 9.63 Å². The third-order valence-corrected chi connectivity index (χ3v) is 3.18. The van der Waals surface area contributed by atoms with E-state index in [-0.39, 0.29) is 5.92 Å². The number of hydrogen-bond acceptors (Lipinski definition) is 3. The zero-order valence-corrected chi connectivity index (χ0v) is 9.95. The van der Waals surface area contributed by atoms with Crippen LogP contribution in [-0.4, -0.2) is 31.0 Å². The van der Waals surface area contributed by atoms with Crippen LogP contribution in [0.4, 0.5) is 0 Å². The van der Waals surface area contributed by atoms with E-state index in [1.165, 1.54) is 12.8 Å². The van der Waals surface area contributed by atoms with E-state index in [9.17, 15) is 4.79 Å². The van der Waals surface area contributed by atoms with Gasteiger partial charge in [-0.25, -0.2) is 0 Å². The highest BCUT2D eigenvalue weighted by atomic mass is 16.7. The lowest BCUT2D eigenvalue weighted by atomic mass is 9.91. The number of carbonyl (C=O) groups excluding carboxylic acids is 1. The van der Waals surface area contributed by atoms with Gasteiger partial charge < -0.3 is 4.79 Å². The van der Waals surface area contributed by atoms with Crippen LogP contribution in [0, 0.1) is 5.92 Å². The molecule has 0 aromatic heterocycles. The lowest BCUT2D eigenvalue weighted by molar-refractivity contribution is -0.184. The molecular weight excluding hydrogens is 190 g/mol. The van der Waals surface area contributed by atoms with Gasteiger partial charge in [-0.15, -0.1) is 0 Å². The number of nitrogens with zero attached hydrogens (tertiary/aromatic N) is 1. The molecule has 3 nitrogen and oxygen atoms in total. The molecule has 1 rings (SSSR count). The van der Waals surface area contributed by atoms with Gasteiger partial charge in [-0.1, -0.05) is 19.8 Å². The molecule has 0 aliphatic heterocycles. The van der Waals surface area contributed by atoms with E-state index in [1.807, 2.05) is 12.1 Å². The summed E-state index contributed by atoms with van der Waals surface area (Å²) in [7, 11) is 1.97. The fourth-order valence-corrected chi connectivity index (χ4v) is 2.04. The Morgan fingerprint density at radius 2 is 2.00 bits per heavy atom. The Balaban J connectivity index is 2.34. The van der Waals surface area contributed by atoms with Crippen molar-refractivity contribution in [2.24, 2.45) is 5.92 Å². The summed E-state index contributed by atoms with van der Waals surface area (Å²) in [6, 6.07) is 0. The first-order valence-electron chi connectivity index (χ1n) is 6.09. The molecule has 2 atom stereocenters. The quantitative estimate of drug-likeness (QED) is 0.530. The molecular formula is C12H23NO2.